The zero-order valence-electron chi connectivity index (χ0n) is 13.6. The number of benzene rings is 1. The molecule has 1 aromatic carbocycles. The molecular weight excluding hydrogens is 348 g/mol. The number of halogens is 2. The zero-order valence-corrected chi connectivity index (χ0v) is 13.6. The van der Waals surface area contributed by atoms with E-state index in [4.69, 9.17) is 4.74 Å². The maximum absolute atomic E-state index is 14.3. The molecule has 26 heavy (non-hydrogen) atoms. The number of anilines is 1. The molecule has 0 saturated carbocycles. The van der Waals surface area contributed by atoms with E-state index in [-0.39, 0.29) is 23.7 Å². The molecule has 1 aliphatic rings. The average Bonchev–Trinajstić information content (AvgIpc) is 2.95. The van der Waals surface area contributed by atoms with Crippen molar-refractivity contribution in [3.05, 3.63) is 47.9 Å². The molecule has 3 rings (SSSR count). The second kappa shape index (κ2) is 7.30. The van der Waals surface area contributed by atoms with E-state index in [0.29, 0.717) is 0 Å². The highest BCUT2D eigenvalue weighted by molar-refractivity contribution is 5.94. The first-order valence-corrected chi connectivity index (χ1v) is 7.63. The summed E-state index contributed by atoms with van der Waals surface area (Å²) in [5.41, 5.74) is -0.297. The summed E-state index contributed by atoms with van der Waals surface area (Å²) >= 11 is 0. The van der Waals surface area contributed by atoms with Gasteiger partial charge in [-0.2, -0.15) is 0 Å². The molecule has 2 atom stereocenters. The highest BCUT2D eigenvalue weighted by Gasteiger charge is 2.40. The van der Waals surface area contributed by atoms with E-state index < -0.39 is 35.5 Å². The van der Waals surface area contributed by atoms with Crippen molar-refractivity contribution in [2.45, 2.75) is 12.0 Å². The summed E-state index contributed by atoms with van der Waals surface area (Å²) in [6, 6.07) is 0.159. The van der Waals surface area contributed by atoms with Crippen LogP contribution in [0, 0.1) is 11.6 Å². The van der Waals surface area contributed by atoms with Crippen LogP contribution in [-0.4, -0.2) is 41.6 Å². The molecule has 1 saturated heterocycles. The molecule has 8 nitrogen and oxygen atoms in total. The Kier molecular flexibility index (Phi) is 4.92. The summed E-state index contributed by atoms with van der Waals surface area (Å²) in [6.45, 7) is -0.0188. The Hall–Kier alpha value is -3.30. The fourth-order valence-electron chi connectivity index (χ4n) is 2.75. The van der Waals surface area contributed by atoms with Gasteiger partial charge in [-0.05, 0) is 0 Å². The van der Waals surface area contributed by atoms with Crippen molar-refractivity contribution < 1.29 is 23.1 Å². The molecule has 3 N–H and O–H groups in total. The van der Waals surface area contributed by atoms with Crippen molar-refractivity contribution in [2.75, 3.05) is 19.0 Å². The van der Waals surface area contributed by atoms with Crippen molar-refractivity contribution in [1.82, 2.24) is 20.6 Å². The molecule has 136 valence electrons. The van der Waals surface area contributed by atoms with Crippen molar-refractivity contribution in [1.29, 1.82) is 0 Å². The Balaban J connectivity index is 1.80. The van der Waals surface area contributed by atoms with Gasteiger partial charge >= 0.3 is 6.03 Å². The van der Waals surface area contributed by atoms with Gasteiger partial charge in [0, 0.05) is 42.6 Å². The number of urea groups is 1. The lowest BCUT2D eigenvalue weighted by Crippen LogP contribution is -2.45. The van der Waals surface area contributed by atoms with Crippen LogP contribution in [0.5, 0.6) is 5.75 Å². The predicted molar refractivity (Wildman–Crippen MR) is 86.6 cm³/mol. The minimum atomic E-state index is -1.15. The number of hydrogen-bond acceptors (Lipinski definition) is 5. The molecule has 0 bridgehead atoms. The van der Waals surface area contributed by atoms with Gasteiger partial charge in [0.05, 0.1) is 13.3 Å². The second-order valence-electron chi connectivity index (χ2n) is 5.52. The standard InChI is InChI=1S/C16H15F2N5O3/c1-26-8-4-10(17)13(11(18)5-8)9-6-21-15(24)14(9)23-16(25)22-12-7-19-2-3-20-12/h2-5,7,9,14H,6H2,1H3,(H,21,24)(H2,20,22,23,25). The van der Waals surface area contributed by atoms with E-state index in [1.807, 2.05) is 0 Å². The van der Waals surface area contributed by atoms with E-state index in [0.717, 1.165) is 12.1 Å². The minimum absolute atomic E-state index is 0.0188. The molecule has 1 fully saturated rings. The molecule has 10 heteroatoms. The highest BCUT2D eigenvalue weighted by Crippen LogP contribution is 2.31. The van der Waals surface area contributed by atoms with Crippen molar-refractivity contribution in [3.63, 3.8) is 0 Å². The quantitative estimate of drug-likeness (QED) is 0.756. The lowest BCUT2D eigenvalue weighted by molar-refractivity contribution is -0.120. The molecule has 0 spiro atoms. The first kappa shape index (κ1) is 17.5. The number of ether oxygens (including phenoxy) is 1. The van der Waals surface area contributed by atoms with Crippen LogP contribution in [0.3, 0.4) is 0 Å². The third kappa shape index (κ3) is 3.53. The van der Waals surface area contributed by atoms with Crippen LogP contribution in [0.4, 0.5) is 19.4 Å². The largest absolute Gasteiger partial charge is 0.497 e. The Morgan fingerprint density at radius 3 is 2.65 bits per heavy atom. The van der Waals surface area contributed by atoms with Gasteiger partial charge in [-0.15, -0.1) is 0 Å². The molecule has 0 radical (unpaired) electrons. The Labute approximate surface area is 147 Å². The van der Waals surface area contributed by atoms with Gasteiger partial charge < -0.3 is 15.4 Å². The fourth-order valence-corrected chi connectivity index (χ4v) is 2.75. The maximum atomic E-state index is 14.3. The summed E-state index contributed by atoms with van der Waals surface area (Å²) < 4.78 is 33.5. The van der Waals surface area contributed by atoms with Crippen LogP contribution in [0.25, 0.3) is 0 Å². The van der Waals surface area contributed by atoms with E-state index in [9.17, 15) is 18.4 Å². The number of hydrogen-bond donors (Lipinski definition) is 3. The summed E-state index contributed by atoms with van der Waals surface area (Å²) in [4.78, 5) is 31.8. The molecule has 1 aliphatic heterocycles. The predicted octanol–water partition coefficient (Wildman–Crippen LogP) is 1.17. The number of nitrogens with one attached hydrogen (secondary N) is 3. The monoisotopic (exact) mass is 363 g/mol. The normalized spacial score (nSPS) is 19.0. The number of nitrogens with zero attached hydrogens (tertiary/aromatic N) is 2. The van der Waals surface area contributed by atoms with E-state index in [2.05, 4.69) is 25.9 Å². The molecule has 2 unspecified atom stereocenters. The number of aromatic nitrogens is 2. The van der Waals surface area contributed by atoms with Gasteiger partial charge in [-0.1, -0.05) is 0 Å². The number of methoxy groups -OCH3 is 1. The van der Waals surface area contributed by atoms with Gasteiger partial charge in [0.1, 0.15) is 23.4 Å². The molecule has 2 heterocycles. The van der Waals surface area contributed by atoms with E-state index in [1.165, 1.54) is 25.7 Å². The molecular formula is C16H15F2N5O3. The molecule has 3 amide bonds. The van der Waals surface area contributed by atoms with Crippen molar-refractivity contribution >= 4 is 17.8 Å². The minimum Gasteiger partial charge on any atom is -0.497 e. The van der Waals surface area contributed by atoms with Crippen LogP contribution in [0.2, 0.25) is 0 Å². The number of carbonyl (C=O) groups is 2. The number of amides is 3. The molecule has 2 aromatic rings. The first-order chi connectivity index (χ1) is 12.5. The lowest BCUT2D eigenvalue weighted by atomic mass is 9.93. The third-order valence-corrected chi connectivity index (χ3v) is 3.93. The van der Waals surface area contributed by atoms with Crippen LogP contribution in [0.1, 0.15) is 11.5 Å². The Morgan fingerprint density at radius 1 is 1.31 bits per heavy atom. The fraction of sp³-hybridized carbons (Fsp3) is 0.250. The SMILES string of the molecule is COc1cc(F)c(C2CNC(=O)C2NC(=O)Nc2cnccn2)c(F)c1. The van der Waals surface area contributed by atoms with Crippen molar-refractivity contribution in [3.8, 4) is 5.75 Å². The van der Waals surface area contributed by atoms with Gasteiger partial charge in [0.15, 0.2) is 5.82 Å². The van der Waals surface area contributed by atoms with Gasteiger partial charge in [-0.3, -0.25) is 15.1 Å². The van der Waals surface area contributed by atoms with Gasteiger partial charge in [0.2, 0.25) is 5.91 Å². The number of rotatable bonds is 4. The molecule has 0 aliphatic carbocycles. The first-order valence-electron chi connectivity index (χ1n) is 7.63. The molecule has 1 aromatic heterocycles. The third-order valence-electron chi connectivity index (χ3n) is 3.93. The Bertz CT molecular complexity index is 811. The van der Waals surface area contributed by atoms with Crippen molar-refractivity contribution in [2.24, 2.45) is 0 Å². The summed E-state index contributed by atoms with van der Waals surface area (Å²) in [7, 11) is 1.29. The second-order valence-corrected chi connectivity index (χ2v) is 5.52. The summed E-state index contributed by atoms with van der Waals surface area (Å²) in [6.07, 6.45) is 4.12. The van der Waals surface area contributed by atoms with Crippen LogP contribution in [-0.2, 0) is 4.79 Å². The Morgan fingerprint density at radius 2 is 2.04 bits per heavy atom. The highest BCUT2D eigenvalue weighted by atomic mass is 19.1. The average molecular weight is 363 g/mol. The summed E-state index contributed by atoms with van der Waals surface area (Å²) in [5.74, 6) is -2.98. The lowest BCUT2D eigenvalue weighted by Gasteiger charge is -2.20. The van der Waals surface area contributed by atoms with Gasteiger partial charge in [0.25, 0.3) is 0 Å². The zero-order chi connectivity index (χ0) is 18.7. The topological polar surface area (TPSA) is 105 Å². The summed E-state index contributed by atoms with van der Waals surface area (Å²) in [5, 5.41) is 7.31. The van der Waals surface area contributed by atoms with Crippen LogP contribution in [0.15, 0.2) is 30.7 Å². The van der Waals surface area contributed by atoms with E-state index in [1.54, 1.807) is 0 Å². The van der Waals surface area contributed by atoms with E-state index >= 15 is 0 Å². The maximum Gasteiger partial charge on any atom is 0.321 e. The van der Waals surface area contributed by atoms with Crippen LogP contribution >= 0.6 is 0 Å². The number of carbonyl (C=O) groups excluding carboxylic acids is 2. The van der Waals surface area contributed by atoms with Gasteiger partial charge in [-0.25, -0.2) is 18.6 Å². The smallest absolute Gasteiger partial charge is 0.321 e. The van der Waals surface area contributed by atoms with Crippen LogP contribution < -0.4 is 20.7 Å².